The first-order chi connectivity index (χ1) is 8.15. The summed E-state index contributed by atoms with van der Waals surface area (Å²) in [5.74, 6) is 0.591. The Kier molecular flexibility index (Phi) is 3.44. The van der Waals surface area contributed by atoms with Crippen LogP contribution in [0.3, 0.4) is 0 Å². The maximum atomic E-state index is 11.7. The fourth-order valence-corrected chi connectivity index (χ4v) is 1.73. The summed E-state index contributed by atoms with van der Waals surface area (Å²) in [5.41, 5.74) is 0.886. The van der Waals surface area contributed by atoms with Crippen molar-refractivity contribution in [3.8, 4) is 0 Å². The van der Waals surface area contributed by atoms with E-state index in [9.17, 15) is 4.79 Å². The molecule has 0 saturated carbocycles. The smallest absolute Gasteiger partial charge is 0.229 e. The van der Waals surface area contributed by atoms with Crippen molar-refractivity contribution in [2.75, 3.05) is 5.32 Å². The zero-order chi connectivity index (χ0) is 12.3. The van der Waals surface area contributed by atoms with Crippen molar-refractivity contribution in [1.82, 2.24) is 9.78 Å². The molecular formula is C12H12ClN3O. The van der Waals surface area contributed by atoms with E-state index >= 15 is 0 Å². The van der Waals surface area contributed by atoms with Gasteiger partial charge in [0.2, 0.25) is 5.91 Å². The fraction of sp³-hybridized carbons (Fsp3) is 0.167. The molecule has 0 aliphatic heterocycles. The van der Waals surface area contributed by atoms with E-state index in [1.807, 2.05) is 12.1 Å². The first-order valence-corrected chi connectivity index (χ1v) is 5.55. The number of anilines is 1. The van der Waals surface area contributed by atoms with Crippen LogP contribution in [0.2, 0.25) is 5.02 Å². The van der Waals surface area contributed by atoms with Gasteiger partial charge in [-0.1, -0.05) is 23.7 Å². The van der Waals surface area contributed by atoms with Crippen LogP contribution in [0.1, 0.15) is 5.56 Å². The van der Waals surface area contributed by atoms with E-state index in [-0.39, 0.29) is 5.91 Å². The number of hydrogen-bond acceptors (Lipinski definition) is 2. The molecule has 1 aromatic carbocycles. The van der Waals surface area contributed by atoms with Gasteiger partial charge in [0, 0.05) is 18.1 Å². The molecule has 0 fully saturated rings. The maximum absolute atomic E-state index is 11.7. The normalized spacial score (nSPS) is 10.2. The SMILES string of the molecule is Cn1nccc1NC(=O)Cc1cccc(Cl)c1. The number of aryl methyl sites for hydroxylation is 1. The lowest BCUT2D eigenvalue weighted by Crippen LogP contribution is -2.16. The van der Waals surface area contributed by atoms with Crippen LogP contribution in [0.5, 0.6) is 0 Å². The zero-order valence-corrected chi connectivity index (χ0v) is 10.1. The van der Waals surface area contributed by atoms with Crippen molar-refractivity contribution in [2.24, 2.45) is 7.05 Å². The average molecular weight is 250 g/mol. The van der Waals surface area contributed by atoms with Gasteiger partial charge in [0.25, 0.3) is 0 Å². The molecule has 1 N–H and O–H groups in total. The molecule has 1 amide bonds. The Labute approximate surface area is 104 Å². The van der Waals surface area contributed by atoms with Crippen LogP contribution < -0.4 is 5.32 Å². The standard InChI is InChI=1S/C12H12ClN3O/c1-16-11(5-6-14-16)15-12(17)8-9-3-2-4-10(13)7-9/h2-7H,8H2,1H3,(H,15,17). The van der Waals surface area contributed by atoms with E-state index in [1.54, 1.807) is 36.1 Å². The van der Waals surface area contributed by atoms with Gasteiger partial charge in [-0.15, -0.1) is 0 Å². The third kappa shape index (κ3) is 3.07. The van der Waals surface area contributed by atoms with Crippen LogP contribution in [0.15, 0.2) is 36.5 Å². The summed E-state index contributed by atoms with van der Waals surface area (Å²) in [7, 11) is 1.77. The summed E-state index contributed by atoms with van der Waals surface area (Å²) in [6, 6.07) is 9.01. The van der Waals surface area contributed by atoms with Crippen LogP contribution >= 0.6 is 11.6 Å². The van der Waals surface area contributed by atoms with Gasteiger partial charge < -0.3 is 5.32 Å². The number of aromatic nitrogens is 2. The Morgan fingerprint density at radius 2 is 2.29 bits per heavy atom. The summed E-state index contributed by atoms with van der Waals surface area (Å²) in [6.45, 7) is 0. The molecule has 88 valence electrons. The third-order valence-electron chi connectivity index (χ3n) is 2.34. The number of nitrogens with one attached hydrogen (secondary N) is 1. The van der Waals surface area contributed by atoms with Gasteiger partial charge in [-0.2, -0.15) is 5.10 Å². The highest BCUT2D eigenvalue weighted by atomic mass is 35.5. The van der Waals surface area contributed by atoms with Crippen LogP contribution in [0.4, 0.5) is 5.82 Å². The van der Waals surface area contributed by atoms with Gasteiger partial charge in [-0.3, -0.25) is 9.48 Å². The molecule has 0 saturated heterocycles. The van der Waals surface area contributed by atoms with Gasteiger partial charge in [0.05, 0.1) is 12.6 Å². The Morgan fingerprint density at radius 3 is 2.94 bits per heavy atom. The lowest BCUT2D eigenvalue weighted by atomic mass is 10.1. The largest absolute Gasteiger partial charge is 0.311 e. The van der Waals surface area contributed by atoms with Crippen LogP contribution in [-0.2, 0) is 18.3 Å². The third-order valence-corrected chi connectivity index (χ3v) is 2.58. The average Bonchev–Trinajstić information content (AvgIpc) is 2.64. The predicted molar refractivity (Wildman–Crippen MR) is 67.0 cm³/mol. The van der Waals surface area contributed by atoms with E-state index in [0.29, 0.717) is 17.3 Å². The predicted octanol–water partition coefficient (Wildman–Crippen LogP) is 2.25. The molecule has 1 aromatic heterocycles. The summed E-state index contributed by atoms with van der Waals surface area (Å²) in [5, 5.41) is 7.38. The molecule has 0 radical (unpaired) electrons. The van der Waals surface area contributed by atoms with Crippen LogP contribution in [-0.4, -0.2) is 15.7 Å². The number of nitrogens with zero attached hydrogens (tertiary/aromatic N) is 2. The quantitative estimate of drug-likeness (QED) is 0.907. The van der Waals surface area contributed by atoms with Crippen molar-refractivity contribution < 1.29 is 4.79 Å². The Balaban J connectivity index is 2.01. The molecule has 17 heavy (non-hydrogen) atoms. The second-order valence-corrected chi connectivity index (χ2v) is 4.13. The summed E-state index contributed by atoms with van der Waals surface area (Å²) >= 11 is 5.85. The summed E-state index contributed by atoms with van der Waals surface area (Å²) in [6.07, 6.45) is 1.93. The second kappa shape index (κ2) is 5.01. The molecular weight excluding hydrogens is 238 g/mol. The number of carbonyl (C=O) groups excluding carboxylic acids is 1. The lowest BCUT2D eigenvalue weighted by Gasteiger charge is -2.05. The first-order valence-electron chi connectivity index (χ1n) is 5.17. The number of benzene rings is 1. The van der Waals surface area contributed by atoms with E-state index in [1.165, 1.54) is 0 Å². The monoisotopic (exact) mass is 249 g/mol. The van der Waals surface area contributed by atoms with Crippen molar-refractivity contribution >= 4 is 23.3 Å². The van der Waals surface area contributed by atoms with Gasteiger partial charge >= 0.3 is 0 Å². The fourth-order valence-electron chi connectivity index (χ4n) is 1.52. The molecule has 1 heterocycles. The lowest BCUT2D eigenvalue weighted by molar-refractivity contribution is -0.115. The second-order valence-electron chi connectivity index (χ2n) is 3.69. The highest BCUT2D eigenvalue weighted by molar-refractivity contribution is 6.30. The first kappa shape index (κ1) is 11.7. The summed E-state index contributed by atoms with van der Waals surface area (Å²) in [4.78, 5) is 11.7. The Morgan fingerprint density at radius 1 is 1.47 bits per heavy atom. The van der Waals surface area contributed by atoms with E-state index < -0.39 is 0 Å². The molecule has 0 aliphatic carbocycles. The van der Waals surface area contributed by atoms with Gasteiger partial charge in [0.1, 0.15) is 5.82 Å². The molecule has 0 bridgehead atoms. The van der Waals surface area contributed by atoms with Crippen molar-refractivity contribution in [2.45, 2.75) is 6.42 Å². The highest BCUT2D eigenvalue weighted by Crippen LogP contribution is 2.12. The minimum Gasteiger partial charge on any atom is -0.311 e. The molecule has 2 rings (SSSR count). The number of rotatable bonds is 3. The number of hydrogen-bond donors (Lipinski definition) is 1. The number of carbonyl (C=O) groups is 1. The molecule has 2 aromatic rings. The topological polar surface area (TPSA) is 46.9 Å². The minimum absolute atomic E-state index is 0.0872. The number of amides is 1. The minimum atomic E-state index is -0.0872. The van der Waals surface area contributed by atoms with Crippen LogP contribution in [0.25, 0.3) is 0 Å². The zero-order valence-electron chi connectivity index (χ0n) is 9.35. The molecule has 0 atom stereocenters. The molecule has 0 spiro atoms. The Hall–Kier alpha value is -1.81. The Bertz CT molecular complexity index is 536. The van der Waals surface area contributed by atoms with Gasteiger partial charge in [-0.25, -0.2) is 0 Å². The molecule has 5 heteroatoms. The molecule has 0 unspecified atom stereocenters. The highest BCUT2D eigenvalue weighted by Gasteiger charge is 2.06. The van der Waals surface area contributed by atoms with Crippen molar-refractivity contribution in [1.29, 1.82) is 0 Å². The molecule has 0 aliphatic rings. The van der Waals surface area contributed by atoms with E-state index in [2.05, 4.69) is 10.4 Å². The van der Waals surface area contributed by atoms with Gasteiger partial charge in [-0.05, 0) is 17.7 Å². The van der Waals surface area contributed by atoms with Crippen molar-refractivity contribution in [3.05, 3.63) is 47.1 Å². The van der Waals surface area contributed by atoms with Crippen molar-refractivity contribution in [3.63, 3.8) is 0 Å². The van der Waals surface area contributed by atoms with Gasteiger partial charge in [0.15, 0.2) is 0 Å². The van der Waals surface area contributed by atoms with Crippen LogP contribution in [0, 0.1) is 0 Å². The van der Waals surface area contributed by atoms with E-state index in [4.69, 9.17) is 11.6 Å². The van der Waals surface area contributed by atoms with E-state index in [0.717, 1.165) is 5.56 Å². The maximum Gasteiger partial charge on any atom is 0.229 e. The summed E-state index contributed by atoms with van der Waals surface area (Å²) < 4.78 is 1.61. The number of halogens is 1. The molecule has 4 nitrogen and oxygen atoms in total.